The van der Waals surface area contributed by atoms with Crippen LogP contribution in [0.25, 0.3) is 0 Å². The lowest BCUT2D eigenvalue weighted by atomic mass is 9.83. The normalized spacial score (nSPS) is 20.0. The first kappa shape index (κ1) is 46.5. The Morgan fingerprint density at radius 2 is 1.60 bits per heavy atom. The predicted octanol–water partition coefficient (Wildman–Crippen LogP) is 9.99. The number of nitrogens with two attached hydrogens (primary N) is 1. The van der Waals surface area contributed by atoms with Gasteiger partial charge in [-0.25, -0.2) is 0 Å². The average Bonchev–Trinajstić information content (AvgIpc) is 3.13. The van der Waals surface area contributed by atoms with E-state index in [1.54, 1.807) is 0 Å². The van der Waals surface area contributed by atoms with Crippen molar-refractivity contribution in [2.45, 2.75) is 175 Å². The number of hydrogen-bond acceptors (Lipinski definition) is 4. The standard InChI is InChI=1S/C43H83FN5O/c1-10-28-43(7,29-27-35(5)33-44)34-49(8,9)42(50)38-25-21-17-16-18-22-26-41(48-40(38)32-37(11-2)12-3)47-31-24-20-15-14-19-23-30-46-36(6)39(45)13-4/h10,27,29,35-37,39,42,46,50H,1,11-26,28,30-34,45H2,2-9H3,(H,47,48)/q+1. The third-order valence-corrected chi connectivity index (χ3v) is 11.1. The summed E-state index contributed by atoms with van der Waals surface area (Å²) in [7, 11) is 4.30. The zero-order valence-electron chi connectivity index (χ0n) is 34.2. The SMILES string of the molecule is C=CCC(C)(C=CC(C)CF)C[N+](C)(C)C(O)C1=C(CC(CC)CC)NC(=NCCCCCCCCNC(C)C(N)CC)CCCCCCC1. The summed E-state index contributed by atoms with van der Waals surface area (Å²) < 4.78 is 13.8. The molecule has 0 aromatic carbocycles. The topological polar surface area (TPSA) is 82.7 Å². The van der Waals surface area contributed by atoms with E-state index >= 15 is 0 Å². The molecule has 0 saturated carbocycles. The van der Waals surface area contributed by atoms with Crippen LogP contribution in [-0.2, 0) is 0 Å². The van der Waals surface area contributed by atoms with E-state index in [-0.39, 0.29) is 24.0 Å². The number of aliphatic hydroxyl groups is 1. The molecule has 1 rings (SSSR count). The molecule has 1 aliphatic heterocycles. The molecule has 0 bridgehead atoms. The third kappa shape index (κ3) is 18.8. The second-order valence-corrected chi connectivity index (χ2v) is 16.5. The summed E-state index contributed by atoms with van der Waals surface area (Å²) in [5, 5.41) is 19.8. The maximum Gasteiger partial charge on any atom is 0.215 e. The zero-order valence-corrected chi connectivity index (χ0v) is 34.2. The summed E-state index contributed by atoms with van der Waals surface area (Å²) in [4.78, 5) is 5.19. The molecule has 5 unspecified atom stereocenters. The number of halogens is 1. The predicted molar refractivity (Wildman–Crippen MR) is 217 cm³/mol. The van der Waals surface area contributed by atoms with E-state index in [4.69, 9.17) is 10.7 Å². The van der Waals surface area contributed by atoms with Crippen LogP contribution in [-0.4, -0.2) is 74.1 Å². The fourth-order valence-corrected chi connectivity index (χ4v) is 7.45. The second-order valence-electron chi connectivity index (χ2n) is 16.5. The van der Waals surface area contributed by atoms with Crippen LogP contribution < -0.4 is 16.4 Å². The Labute approximate surface area is 309 Å². The van der Waals surface area contributed by atoms with Gasteiger partial charge >= 0.3 is 0 Å². The summed E-state index contributed by atoms with van der Waals surface area (Å²) in [6, 6.07) is 0.629. The average molecular weight is 705 g/mol. The van der Waals surface area contributed by atoms with Crippen molar-refractivity contribution in [2.75, 3.05) is 40.4 Å². The van der Waals surface area contributed by atoms with E-state index in [2.05, 4.69) is 72.0 Å². The van der Waals surface area contributed by atoms with Gasteiger partial charge in [-0.15, -0.1) is 6.58 Å². The summed E-state index contributed by atoms with van der Waals surface area (Å²) in [6.07, 6.45) is 25.5. The van der Waals surface area contributed by atoms with Crippen molar-refractivity contribution in [3.63, 3.8) is 0 Å². The first-order valence-corrected chi connectivity index (χ1v) is 20.7. The largest absolute Gasteiger partial charge is 0.347 e. The summed E-state index contributed by atoms with van der Waals surface area (Å²) in [5.41, 5.74) is 8.25. The van der Waals surface area contributed by atoms with Crippen molar-refractivity contribution >= 4 is 5.84 Å². The number of nitrogens with one attached hydrogen (secondary N) is 2. The number of rotatable bonds is 25. The fourth-order valence-electron chi connectivity index (χ4n) is 7.45. The van der Waals surface area contributed by atoms with Gasteiger partial charge in [0.05, 0.1) is 27.3 Å². The van der Waals surface area contributed by atoms with Gasteiger partial charge in [0, 0.05) is 47.7 Å². The summed E-state index contributed by atoms with van der Waals surface area (Å²) >= 11 is 0. The second kappa shape index (κ2) is 26.3. The number of aliphatic hydroxyl groups excluding tert-OH is 1. The van der Waals surface area contributed by atoms with Gasteiger partial charge in [0.1, 0.15) is 5.84 Å². The van der Waals surface area contributed by atoms with Gasteiger partial charge in [0.15, 0.2) is 0 Å². The summed E-state index contributed by atoms with van der Waals surface area (Å²) in [6.45, 7) is 19.3. The van der Waals surface area contributed by atoms with Crippen molar-refractivity contribution in [3.8, 4) is 0 Å². The highest BCUT2D eigenvalue weighted by atomic mass is 19.1. The molecule has 5 atom stereocenters. The molecule has 0 amide bonds. The van der Waals surface area contributed by atoms with Crippen LogP contribution in [0.5, 0.6) is 0 Å². The van der Waals surface area contributed by atoms with Crippen molar-refractivity contribution in [2.24, 2.45) is 28.0 Å². The Morgan fingerprint density at radius 1 is 0.980 bits per heavy atom. The minimum Gasteiger partial charge on any atom is -0.347 e. The molecule has 0 aromatic rings. The first-order valence-electron chi connectivity index (χ1n) is 20.7. The number of likely N-dealkylation sites (N-methyl/N-ethyl adjacent to an activating group) is 1. The van der Waals surface area contributed by atoms with Crippen molar-refractivity contribution in [3.05, 3.63) is 36.1 Å². The number of allylic oxidation sites excluding steroid dienone is 3. The molecule has 5 N–H and O–H groups in total. The molecule has 0 aromatic heterocycles. The van der Waals surface area contributed by atoms with Crippen molar-refractivity contribution in [1.29, 1.82) is 0 Å². The highest BCUT2D eigenvalue weighted by molar-refractivity contribution is 5.84. The Hall–Kier alpha value is -1.54. The van der Waals surface area contributed by atoms with E-state index in [0.29, 0.717) is 16.4 Å². The van der Waals surface area contributed by atoms with Crippen LogP contribution in [0, 0.1) is 17.3 Å². The van der Waals surface area contributed by atoms with E-state index in [1.165, 1.54) is 57.1 Å². The maximum atomic E-state index is 13.3. The molecular weight excluding hydrogens is 622 g/mol. The van der Waals surface area contributed by atoms with Crippen LogP contribution in [0.4, 0.5) is 4.39 Å². The lowest BCUT2D eigenvalue weighted by Crippen LogP contribution is -2.55. The fraction of sp³-hybridized carbons (Fsp3) is 0.837. The van der Waals surface area contributed by atoms with Gasteiger partial charge < -0.3 is 21.5 Å². The lowest BCUT2D eigenvalue weighted by molar-refractivity contribution is -0.935. The minimum atomic E-state index is -0.646. The number of amidine groups is 1. The van der Waals surface area contributed by atoms with Crippen LogP contribution in [0.3, 0.4) is 0 Å². The molecule has 1 aliphatic rings. The smallest absolute Gasteiger partial charge is 0.215 e. The molecule has 292 valence electrons. The van der Waals surface area contributed by atoms with Crippen LogP contribution in [0.15, 0.2) is 41.1 Å². The molecule has 0 aliphatic carbocycles. The zero-order chi connectivity index (χ0) is 37.4. The number of nitrogens with zero attached hydrogens (tertiary/aromatic N) is 2. The van der Waals surface area contributed by atoms with Gasteiger partial charge in [-0.3, -0.25) is 13.9 Å². The highest BCUT2D eigenvalue weighted by Crippen LogP contribution is 2.33. The van der Waals surface area contributed by atoms with E-state index in [1.807, 2.05) is 19.1 Å². The van der Waals surface area contributed by atoms with Crippen LogP contribution in [0.1, 0.15) is 157 Å². The van der Waals surface area contributed by atoms with Crippen LogP contribution in [0.2, 0.25) is 0 Å². The van der Waals surface area contributed by atoms with E-state index in [0.717, 1.165) is 95.3 Å². The number of quaternary nitrogens is 1. The van der Waals surface area contributed by atoms with Crippen molar-refractivity contribution in [1.82, 2.24) is 10.6 Å². The molecule has 50 heavy (non-hydrogen) atoms. The number of unbranched alkanes of at least 4 members (excludes halogenated alkanes) is 5. The van der Waals surface area contributed by atoms with Crippen molar-refractivity contribution < 1.29 is 14.0 Å². The molecule has 0 spiro atoms. The van der Waals surface area contributed by atoms with E-state index < -0.39 is 6.23 Å². The van der Waals surface area contributed by atoms with Gasteiger partial charge in [-0.1, -0.05) is 111 Å². The quantitative estimate of drug-likeness (QED) is 0.0330. The Bertz CT molecular complexity index is 990. The molecular formula is C43H83FN5O+. The molecule has 0 fully saturated rings. The first-order chi connectivity index (χ1) is 23.9. The molecule has 7 heteroatoms. The Morgan fingerprint density at radius 3 is 2.22 bits per heavy atom. The molecule has 0 radical (unpaired) electrons. The van der Waals surface area contributed by atoms with Gasteiger partial charge in [0.25, 0.3) is 0 Å². The molecule has 6 nitrogen and oxygen atoms in total. The lowest BCUT2D eigenvalue weighted by Gasteiger charge is -2.42. The molecule has 0 saturated heterocycles. The Kier molecular flexibility index (Phi) is 24.4. The number of alkyl halides is 1. The summed E-state index contributed by atoms with van der Waals surface area (Å²) in [5.74, 6) is 1.54. The van der Waals surface area contributed by atoms with Gasteiger partial charge in [0.2, 0.25) is 6.23 Å². The highest BCUT2D eigenvalue weighted by Gasteiger charge is 2.38. The Balaban J connectivity index is 3.14. The minimum absolute atomic E-state index is 0.120. The van der Waals surface area contributed by atoms with Gasteiger partial charge in [-0.2, -0.15) is 0 Å². The maximum absolute atomic E-state index is 13.3. The number of hydrogen-bond donors (Lipinski definition) is 4. The van der Waals surface area contributed by atoms with E-state index in [9.17, 15) is 9.50 Å². The number of aliphatic imine (C=N–C) groups is 1. The van der Waals surface area contributed by atoms with Crippen LogP contribution >= 0.6 is 0 Å². The monoisotopic (exact) mass is 705 g/mol. The van der Waals surface area contributed by atoms with Gasteiger partial charge in [-0.05, 0) is 70.8 Å². The third-order valence-electron chi connectivity index (χ3n) is 11.1. The molecule has 1 heterocycles.